The van der Waals surface area contributed by atoms with Crippen LogP contribution in [0.25, 0.3) is 10.6 Å². The molecule has 180 valence electrons. The van der Waals surface area contributed by atoms with Gasteiger partial charge in [-0.05, 0) is 56.5 Å². The van der Waals surface area contributed by atoms with Crippen molar-refractivity contribution in [2.24, 2.45) is 0 Å². The minimum atomic E-state index is -4.48. The average molecular weight is 492 g/mol. The molecule has 3 aromatic rings. The van der Waals surface area contributed by atoms with E-state index in [9.17, 15) is 22.8 Å². The van der Waals surface area contributed by atoms with E-state index in [2.05, 4.69) is 4.98 Å². The zero-order chi connectivity index (χ0) is 25.0. The van der Waals surface area contributed by atoms with Crippen LogP contribution < -0.4 is 4.74 Å². The molecule has 1 N–H and O–H groups in total. The summed E-state index contributed by atoms with van der Waals surface area (Å²) in [6, 6.07) is 10.1. The number of carbonyl (C=O) groups is 2. The molecule has 0 amide bonds. The Labute approximate surface area is 199 Å². The maximum atomic E-state index is 13.4. The third-order valence-corrected chi connectivity index (χ3v) is 6.60. The van der Waals surface area contributed by atoms with Crippen molar-refractivity contribution in [2.75, 3.05) is 0 Å². The second-order valence-corrected chi connectivity index (χ2v) is 8.91. The van der Waals surface area contributed by atoms with Crippen molar-refractivity contribution < 1.29 is 32.6 Å². The summed E-state index contributed by atoms with van der Waals surface area (Å²) in [5.74, 6) is -0.791. The number of hydrogen-bond donors (Lipinski definition) is 1. The van der Waals surface area contributed by atoms with Gasteiger partial charge in [0.1, 0.15) is 10.8 Å². The summed E-state index contributed by atoms with van der Waals surface area (Å²) in [6.45, 7) is 5.16. The Morgan fingerprint density at radius 2 is 1.85 bits per heavy atom. The quantitative estimate of drug-likeness (QED) is 0.346. The minimum Gasteiger partial charge on any atom is -0.479 e. The van der Waals surface area contributed by atoms with Gasteiger partial charge in [-0.3, -0.25) is 4.79 Å². The lowest BCUT2D eigenvalue weighted by atomic mass is 10.0. The maximum absolute atomic E-state index is 13.4. The topological polar surface area (TPSA) is 76.5 Å². The summed E-state index contributed by atoms with van der Waals surface area (Å²) in [5.41, 5.74) is 0.989. The van der Waals surface area contributed by atoms with Crippen LogP contribution in [-0.4, -0.2) is 27.9 Å². The number of rotatable bonds is 9. The number of halogens is 3. The lowest BCUT2D eigenvalue weighted by Crippen LogP contribution is -2.26. The third-order valence-electron chi connectivity index (χ3n) is 5.35. The molecule has 1 atom stereocenters. The number of ketones is 1. The van der Waals surface area contributed by atoms with Gasteiger partial charge < -0.3 is 9.84 Å². The number of Topliss-reactive ketones (excluding diaryl/α,β-unsaturated/α-hetero) is 1. The van der Waals surface area contributed by atoms with Crippen molar-refractivity contribution in [3.63, 3.8) is 0 Å². The van der Waals surface area contributed by atoms with Crippen LogP contribution in [0.5, 0.6) is 5.75 Å². The Bertz CT molecular complexity index is 1200. The average Bonchev–Trinajstić information content (AvgIpc) is 3.16. The molecule has 0 aliphatic carbocycles. The molecule has 9 heteroatoms. The first kappa shape index (κ1) is 25.4. The van der Waals surface area contributed by atoms with Gasteiger partial charge in [0.25, 0.3) is 0 Å². The van der Waals surface area contributed by atoms with Crippen molar-refractivity contribution in [1.29, 1.82) is 0 Å². The van der Waals surface area contributed by atoms with Crippen LogP contribution in [0.4, 0.5) is 13.2 Å². The van der Waals surface area contributed by atoms with Crippen LogP contribution in [0.15, 0.2) is 42.5 Å². The van der Waals surface area contributed by atoms with Gasteiger partial charge in [0.05, 0.1) is 11.3 Å². The van der Waals surface area contributed by atoms with E-state index in [4.69, 9.17) is 9.84 Å². The number of aryl methyl sites for hydroxylation is 3. The molecule has 1 aromatic heterocycles. The van der Waals surface area contributed by atoms with Gasteiger partial charge >= 0.3 is 12.1 Å². The maximum Gasteiger partial charge on any atom is 0.417 e. The van der Waals surface area contributed by atoms with Gasteiger partial charge in [-0.1, -0.05) is 25.1 Å². The number of aromatic nitrogens is 1. The van der Waals surface area contributed by atoms with E-state index in [1.165, 1.54) is 12.1 Å². The van der Waals surface area contributed by atoms with Crippen LogP contribution in [0.3, 0.4) is 0 Å². The monoisotopic (exact) mass is 491 g/mol. The van der Waals surface area contributed by atoms with E-state index >= 15 is 0 Å². The van der Waals surface area contributed by atoms with Crippen molar-refractivity contribution in [3.05, 3.63) is 69.7 Å². The number of alkyl halides is 3. The van der Waals surface area contributed by atoms with E-state index in [1.54, 1.807) is 45.0 Å². The molecule has 0 aliphatic heterocycles. The molecular weight excluding hydrogens is 467 g/mol. The molecule has 0 radical (unpaired) electrons. The number of carboxylic acid groups (broad SMARTS) is 1. The molecule has 1 unspecified atom stereocenters. The second-order valence-electron chi connectivity index (χ2n) is 7.83. The molecule has 3 rings (SSSR count). The number of aliphatic carboxylic acids is 1. The first-order chi connectivity index (χ1) is 16.0. The summed E-state index contributed by atoms with van der Waals surface area (Å²) >= 11 is 1.16. The molecule has 0 fully saturated rings. The van der Waals surface area contributed by atoms with Gasteiger partial charge in [0.15, 0.2) is 11.9 Å². The van der Waals surface area contributed by atoms with Crippen molar-refractivity contribution >= 4 is 23.1 Å². The summed E-state index contributed by atoms with van der Waals surface area (Å²) in [5, 5.41) is 9.43. The number of ether oxygens (including phenoxy) is 1. The SMILES string of the molecule is CCC(Oc1ccc(C(=O)CCc2sc(-c3ccccc3C(F)(F)F)nc2C)cc1C)C(=O)O. The van der Waals surface area contributed by atoms with Crippen molar-refractivity contribution in [2.45, 2.75) is 52.3 Å². The number of benzene rings is 2. The highest BCUT2D eigenvalue weighted by molar-refractivity contribution is 7.15. The van der Waals surface area contributed by atoms with E-state index < -0.39 is 23.8 Å². The van der Waals surface area contributed by atoms with E-state index in [1.807, 2.05) is 0 Å². The molecule has 1 heterocycles. The fraction of sp³-hybridized carbons (Fsp3) is 0.320. The standard InChI is InChI=1S/C25H24F3NO4S/c1-4-20(24(31)32)33-21-11-9-16(13-14(21)2)19(30)10-12-22-15(3)29-23(34-22)17-7-5-6-8-18(17)25(26,27)28/h5-9,11,13,20H,4,10,12H2,1-3H3,(H,31,32). The number of carbonyl (C=O) groups excluding carboxylic acids is 1. The lowest BCUT2D eigenvalue weighted by Gasteiger charge is -2.15. The fourth-order valence-electron chi connectivity index (χ4n) is 3.48. The molecule has 0 saturated carbocycles. The molecular formula is C25H24F3NO4S. The van der Waals surface area contributed by atoms with Gasteiger partial charge in [-0.15, -0.1) is 11.3 Å². The Balaban J connectivity index is 1.73. The molecule has 5 nitrogen and oxygen atoms in total. The highest BCUT2D eigenvalue weighted by Gasteiger charge is 2.34. The smallest absolute Gasteiger partial charge is 0.417 e. The summed E-state index contributed by atoms with van der Waals surface area (Å²) in [7, 11) is 0. The Morgan fingerprint density at radius 1 is 1.15 bits per heavy atom. The van der Waals surface area contributed by atoms with Gasteiger partial charge in [0, 0.05) is 22.4 Å². The Kier molecular flexibility index (Phi) is 7.76. The molecule has 0 spiro atoms. The minimum absolute atomic E-state index is 0.0265. The zero-order valence-corrected chi connectivity index (χ0v) is 19.7. The van der Waals surface area contributed by atoms with Crippen LogP contribution >= 0.6 is 11.3 Å². The van der Waals surface area contributed by atoms with Crippen LogP contribution in [0, 0.1) is 13.8 Å². The van der Waals surface area contributed by atoms with Gasteiger partial charge in [-0.25, -0.2) is 9.78 Å². The van der Waals surface area contributed by atoms with Crippen LogP contribution in [0.1, 0.15) is 51.8 Å². The van der Waals surface area contributed by atoms with Gasteiger partial charge in [-0.2, -0.15) is 13.2 Å². The van der Waals surface area contributed by atoms with Crippen LogP contribution in [0.2, 0.25) is 0 Å². The van der Waals surface area contributed by atoms with Crippen molar-refractivity contribution in [1.82, 2.24) is 4.98 Å². The number of carboxylic acids is 1. The predicted octanol–water partition coefficient (Wildman–Crippen LogP) is 6.50. The first-order valence-corrected chi connectivity index (χ1v) is 11.5. The molecule has 2 aromatic carbocycles. The predicted molar refractivity (Wildman–Crippen MR) is 123 cm³/mol. The van der Waals surface area contributed by atoms with Crippen LogP contribution in [-0.2, 0) is 17.4 Å². The van der Waals surface area contributed by atoms with E-state index in [0.29, 0.717) is 35.4 Å². The number of thiazole rings is 1. The second kappa shape index (κ2) is 10.4. The highest BCUT2D eigenvalue weighted by Crippen LogP contribution is 2.39. The lowest BCUT2D eigenvalue weighted by molar-refractivity contribution is -0.145. The molecule has 0 bridgehead atoms. The highest BCUT2D eigenvalue weighted by atomic mass is 32.1. The van der Waals surface area contributed by atoms with E-state index in [0.717, 1.165) is 22.3 Å². The third kappa shape index (κ3) is 5.83. The molecule has 0 saturated heterocycles. The fourth-order valence-corrected chi connectivity index (χ4v) is 4.58. The van der Waals surface area contributed by atoms with Gasteiger partial charge in [0.2, 0.25) is 0 Å². The Morgan fingerprint density at radius 3 is 2.47 bits per heavy atom. The number of hydrogen-bond acceptors (Lipinski definition) is 5. The van der Waals surface area contributed by atoms with Crippen molar-refractivity contribution in [3.8, 4) is 16.3 Å². The largest absolute Gasteiger partial charge is 0.479 e. The zero-order valence-electron chi connectivity index (χ0n) is 18.9. The summed E-state index contributed by atoms with van der Waals surface area (Å²) < 4.78 is 45.6. The molecule has 34 heavy (non-hydrogen) atoms. The first-order valence-electron chi connectivity index (χ1n) is 10.7. The summed E-state index contributed by atoms with van der Waals surface area (Å²) in [6.07, 6.45) is -4.63. The van der Waals surface area contributed by atoms with E-state index in [-0.39, 0.29) is 22.8 Å². The Hall–Kier alpha value is -3.20. The normalized spacial score (nSPS) is 12.4. The summed E-state index contributed by atoms with van der Waals surface area (Å²) in [4.78, 5) is 29.0. The number of nitrogens with zero attached hydrogens (tertiary/aromatic N) is 1. The molecule has 0 aliphatic rings.